The summed E-state index contributed by atoms with van der Waals surface area (Å²) in [7, 11) is 0. The van der Waals surface area contributed by atoms with Crippen LogP contribution in [-0.2, 0) is 6.42 Å². The third kappa shape index (κ3) is 4.24. The van der Waals surface area contributed by atoms with E-state index in [1.54, 1.807) is 0 Å². The van der Waals surface area contributed by atoms with Gasteiger partial charge in [0.25, 0.3) is 0 Å². The van der Waals surface area contributed by atoms with E-state index in [-0.39, 0.29) is 51.5 Å². The molecule has 2 aliphatic rings. The molecule has 0 saturated heterocycles. The standard InChI is InChI=1S/C30H26O12/c31-13-7-20(37)24-23(8-13)41-29(12-2-4-16(33)19(36)6-12)27(40)26(24)25-21(38)10-17(34)14-9-22(39)28(42-30(14)25)11-1-3-15(32)18(35)5-11/h1-8,10,22,26-29,31-40H,9H2/t22-,26-,27+,28+,29+/m0/s1. The Morgan fingerprint density at radius 1 is 0.548 bits per heavy atom. The molecule has 0 amide bonds. The highest BCUT2D eigenvalue weighted by Gasteiger charge is 2.46. The lowest BCUT2D eigenvalue weighted by Gasteiger charge is -2.40. The highest BCUT2D eigenvalue weighted by Crippen LogP contribution is 2.57. The molecule has 6 rings (SSSR count). The van der Waals surface area contributed by atoms with Crippen LogP contribution in [0.3, 0.4) is 0 Å². The van der Waals surface area contributed by atoms with Gasteiger partial charge in [-0.1, -0.05) is 12.1 Å². The molecular formula is C30H26O12. The molecule has 4 aromatic carbocycles. The van der Waals surface area contributed by atoms with E-state index in [9.17, 15) is 51.1 Å². The van der Waals surface area contributed by atoms with Crippen molar-refractivity contribution in [2.24, 2.45) is 0 Å². The number of aliphatic hydroxyl groups excluding tert-OH is 2. The smallest absolute Gasteiger partial charge is 0.157 e. The maximum Gasteiger partial charge on any atom is 0.157 e. The molecule has 12 nitrogen and oxygen atoms in total. The van der Waals surface area contributed by atoms with Crippen LogP contribution in [-0.4, -0.2) is 63.3 Å². The Labute approximate surface area is 237 Å². The lowest BCUT2D eigenvalue weighted by Crippen LogP contribution is -2.36. The molecule has 2 aliphatic heterocycles. The average Bonchev–Trinajstić information content (AvgIpc) is 2.93. The SMILES string of the molecule is Oc1cc(O)c2c(c1)O[C@H](c1ccc(O)c(O)c1)[C@H](O)[C@@H]2c1c(O)cc(O)c2c1O[C@H](c1ccc(O)c(O)c1)[C@@H](O)C2. The second-order valence-electron chi connectivity index (χ2n) is 10.3. The zero-order valence-electron chi connectivity index (χ0n) is 21.6. The second kappa shape index (κ2) is 9.72. The Morgan fingerprint density at radius 2 is 1.14 bits per heavy atom. The summed E-state index contributed by atoms with van der Waals surface area (Å²) in [5.74, 6) is -5.08. The molecule has 0 unspecified atom stereocenters. The molecule has 0 fully saturated rings. The molecule has 10 N–H and O–H groups in total. The van der Waals surface area contributed by atoms with Crippen molar-refractivity contribution in [3.05, 3.63) is 82.4 Å². The number of aromatic hydroxyl groups is 8. The summed E-state index contributed by atoms with van der Waals surface area (Å²) in [5, 5.41) is 105. The molecule has 12 heteroatoms. The third-order valence-electron chi connectivity index (χ3n) is 7.67. The van der Waals surface area contributed by atoms with Gasteiger partial charge in [0.05, 0.1) is 12.0 Å². The van der Waals surface area contributed by atoms with Gasteiger partial charge in [0, 0.05) is 41.3 Å². The van der Waals surface area contributed by atoms with Crippen LogP contribution in [0.25, 0.3) is 0 Å². The van der Waals surface area contributed by atoms with Gasteiger partial charge in [-0.2, -0.15) is 0 Å². The molecule has 5 atom stereocenters. The summed E-state index contributed by atoms with van der Waals surface area (Å²) < 4.78 is 12.1. The van der Waals surface area contributed by atoms with Gasteiger partial charge in [-0.25, -0.2) is 0 Å². The first kappa shape index (κ1) is 27.0. The lowest BCUT2D eigenvalue weighted by molar-refractivity contribution is 0.00115. The predicted octanol–water partition coefficient (Wildman–Crippen LogP) is 3.00. The lowest BCUT2D eigenvalue weighted by atomic mass is 9.77. The largest absolute Gasteiger partial charge is 0.508 e. The molecule has 0 spiro atoms. The highest BCUT2D eigenvalue weighted by molar-refractivity contribution is 5.65. The minimum absolute atomic E-state index is 0.0312. The van der Waals surface area contributed by atoms with Crippen LogP contribution >= 0.6 is 0 Å². The molecule has 0 aromatic heterocycles. The van der Waals surface area contributed by atoms with Gasteiger partial charge < -0.3 is 60.5 Å². The van der Waals surface area contributed by atoms with Crippen LogP contribution in [0.4, 0.5) is 0 Å². The van der Waals surface area contributed by atoms with E-state index in [2.05, 4.69) is 0 Å². The number of rotatable bonds is 3. The number of phenolic OH excluding ortho intramolecular Hbond substituents is 8. The summed E-state index contributed by atoms with van der Waals surface area (Å²) in [4.78, 5) is 0. The van der Waals surface area contributed by atoms with Crippen LogP contribution in [0.2, 0.25) is 0 Å². The van der Waals surface area contributed by atoms with E-state index in [0.29, 0.717) is 0 Å². The quantitative estimate of drug-likeness (QED) is 0.159. The van der Waals surface area contributed by atoms with Crippen molar-refractivity contribution in [2.75, 3.05) is 0 Å². The van der Waals surface area contributed by atoms with Gasteiger partial charge in [-0.15, -0.1) is 0 Å². The van der Waals surface area contributed by atoms with E-state index in [4.69, 9.17) is 9.47 Å². The normalized spacial score (nSPS) is 22.9. The Hall–Kier alpha value is -5.20. The molecular weight excluding hydrogens is 552 g/mol. The minimum Gasteiger partial charge on any atom is -0.508 e. The molecule has 2 heterocycles. The monoisotopic (exact) mass is 578 g/mol. The van der Waals surface area contributed by atoms with Crippen molar-refractivity contribution in [1.82, 2.24) is 0 Å². The van der Waals surface area contributed by atoms with Gasteiger partial charge in [0.2, 0.25) is 0 Å². The van der Waals surface area contributed by atoms with Crippen LogP contribution < -0.4 is 9.47 Å². The Morgan fingerprint density at radius 3 is 1.76 bits per heavy atom. The number of hydrogen-bond acceptors (Lipinski definition) is 12. The Bertz CT molecular complexity index is 1720. The molecule has 218 valence electrons. The van der Waals surface area contributed by atoms with Crippen molar-refractivity contribution in [3.8, 4) is 57.5 Å². The first-order valence-electron chi connectivity index (χ1n) is 12.8. The fraction of sp³-hybridized carbons (Fsp3) is 0.200. The van der Waals surface area contributed by atoms with Gasteiger partial charge >= 0.3 is 0 Å². The van der Waals surface area contributed by atoms with E-state index >= 15 is 0 Å². The Balaban J connectivity index is 1.55. The van der Waals surface area contributed by atoms with Crippen LogP contribution in [0.5, 0.6) is 57.5 Å². The van der Waals surface area contributed by atoms with Crippen molar-refractivity contribution in [3.63, 3.8) is 0 Å². The van der Waals surface area contributed by atoms with Gasteiger partial charge in [-0.05, 0) is 35.4 Å². The molecule has 0 saturated carbocycles. The van der Waals surface area contributed by atoms with E-state index in [0.717, 1.165) is 12.1 Å². The maximum atomic E-state index is 11.8. The van der Waals surface area contributed by atoms with Crippen molar-refractivity contribution in [2.45, 2.75) is 36.8 Å². The third-order valence-corrected chi connectivity index (χ3v) is 7.67. The van der Waals surface area contributed by atoms with Crippen LogP contribution in [0.15, 0.2) is 54.6 Å². The number of aliphatic hydroxyl groups is 2. The summed E-state index contributed by atoms with van der Waals surface area (Å²) in [5.41, 5.74) is 0.435. The number of phenols is 8. The molecule has 42 heavy (non-hydrogen) atoms. The molecule has 0 aliphatic carbocycles. The second-order valence-corrected chi connectivity index (χ2v) is 10.3. The van der Waals surface area contributed by atoms with E-state index in [1.807, 2.05) is 0 Å². The first-order chi connectivity index (χ1) is 19.9. The van der Waals surface area contributed by atoms with Crippen molar-refractivity contribution >= 4 is 0 Å². The highest BCUT2D eigenvalue weighted by atomic mass is 16.5. The first-order valence-corrected chi connectivity index (χ1v) is 12.8. The summed E-state index contributed by atoms with van der Waals surface area (Å²) in [6.45, 7) is 0. The van der Waals surface area contributed by atoms with Crippen molar-refractivity contribution in [1.29, 1.82) is 0 Å². The summed E-state index contributed by atoms with van der Waals surface area (Å²) >= 11 is 0. The number of hydrogen-bond donors (Lipinski definition) is 10. The zero-order valence-corrected chi connectivity index (χ0v) is 21.6. The van der Waals surface area contributed by atoms with Gasteiger partial charge in [0.15, 0.2) is 29.1 Å². The summed E-state index contributed by atoms with van der Waals surface area (Å²) in [6, 6.07) is 10.8. The van der Waals surface area contributed by atoms with Crippen LogP contribution in [0, 0.1) is 0 Å². The fourth-order valence-electron chi connectivity index (χ4n) is 5.71. The van der Waals surface area contributed by atoms with E-state index in [1.165, 1.54) is 42.5 Å². The topological polar surface area (TPSA) is 221 Å². The van der Waals surface area contributed by atoms with Crippen molar-refractivity contribution < 1.29 is 60.5 Å². The van der Waals surface area contributed by atoms with E-state index < -0.39 is 70.6 Å². The number of ether oxygens (including phenoxy) is 2. The zero-order chi connectivity index (χ0) is 30.0. The summed E-state index contributed by atoms with van der Waals surface area (Å²) in [6.07, 6.45) is -5.43. The van der Waals surface area contributed by atoms with Crippen LogP contribution in [0.1, 0.15) is 45.9 Å². The average molecular weight is 579 g/mol. The minimum atomic E-state index is -1.59. The molecule has 4 aromatic rings. The predicted molar refractivity (Wildman–Crippen MR) is 143 cm³/mol. The van der Waals surface area contributed by atoms with Gasteiger partial charge in [-0.3, -0.25) is 0 Å². The molecule has 0 radical (unpaired) electrons. The van der Waals surface area contributed by atoms with Gasteiger partial charge in [0.1, 0.15) is 46.7 Å². The number of fused-ring (bicyclic) bond motifs is 2. The number of benzene rings is 4. The maximum absolute atomic E-state index is 11.8. The molecule has 0 bridgehead atoms. The Kier molecular flexibility index (Phi) is 6.24. The fourth-order valence-corrected chi connectivity index (χ4v) is 5.71.